The van der Waals surface area contributed by atoms with Crippen molar-refractivity contribution in [3.63, 3.8) is 0 Å². The Balaban J connectivity index is 1.94. The molecule has 2 N–H and O–H groups in total. The van der Waals surface area contributed by atoms with Crippen LogP contribution in [0.2, 0.25) is 0 Å². The Hall–Kier alpha value is -2.52. The summed E-state index contributed by atoms with van der Waals surface area (Å²) < 4.78 is 11.3. The lowest BCUT2D eigenvalue weighted by molar-refractivity contribution is 0.00659. The molecular weight excluding hydrogens is 532 g/mol. The van der Waals surface area contributed by atoms with Crippen molar-refractivity contribution in [1.82, 2.24) is 0 Å². The van der Waals surface area contributed by atoms with Crippen molar-refractivity contribution in [3.05, 3.63) is 91.4 Å². The maximum Gasteiger partial charge on any atom is 0.340 e. The van der Waals surface area contributed by atoms with E-state index < -0.39 is 25.5 Å². The lowest BCUT2D eigenvalue weighted by atomic mass is 9.85. The minimum absolute atomic E-state index is 0.0876. The zero-order valence-electron chi connectivity index (χ0n) is 16.0. The molecule has 3 aromatic carbocycles. The summed E-state index contributed by atoms with van der Waals surface area (Å²) >= 11 is 7.05. The SMILES string of the molecule is O=C(OCO)c1ccc(C2c3cc(Br)ccc3-c3ccc(Br)cc32)c(C(=O)OCO)c1. The van der Waals surface area contributed by atoms with E-state index >= 15 is 0 Å². The molecule has 1 aliphatic rings. The van der Waals surface area contributed by atoms with Crippen LogP contribution in [0, 0.1) is 0 Å². The van der Waals surface area contributed by atoms with Crippen LogP contribution in [0.3, 0.4) is 0 Å². The Morgan fingerprint density at radius 1 is 0.742 bits per heavy atom. The summed E-state index contributed by atoms with van der Waals surface area (Å²) in [5.74, 6) is -1.84. The molecule has 6 nitrogen and oxygen atoms in total. The summed E-state index contributed by atoms with van der Waals surface area (Å²) in [6.07, 6.45) is 0. The standard InChI is InChI=1S/C23H16Br2O6/c24-13-2-5-15-16-6-3-14(25)9-19(16)21(18(15)8-13)17-4-1-12(22(28)30-10-26)7-20(17)23(29)31-11-27/h1-9,21,26-27H,10-11H2. The summed E-state index contributed by atoms with van der Waals surface area (Å²) in [5, 5.41) is 18.0. The number of hydrogen-bond donors (Lipinski definition) is 2. The minimum Gasteiger partial charge on any atom is -0.435 e. The Morgan fingerprint density at radius 3 is 1.84 bits per heavy atom. The van der Waals surface area contributed by atoms with E-state index in [1.165, 1.54) is 12.1 Å². The summed E-state index contributed by atoms with van der Waals surface area (Å²) in [6.45, 7) is -1.57. The van der Waals surface area contributed by atoms with Crippen LogP contribution in [0.5, 0.6) is 0 Å². The van der Waals surface area contributed by atoms with E-state index in [-0.39, 0.29) is 17.0 Å². The number of esters is 2. The number of rotatable bonds is 5. The molecule has 0 atom stereocenters. The third-order valence-corrected chi connectivity index (χ3v) is 6.14. The molecule has 0 spiro atoms. The first-order valence-corrected chi connectivity index (χ1v) is 10.8. The van der Waals surface area contributed by atoms with Gasteiger partial charge in [0.15, 0.2) is 13.6 Å². The normalized spacial score (nSPS) is 12.3. The van der Waals surface area contributed by atoms with Crippen molar-refractivity contribution >= 4 is 43.8 Å². The zero-order valence-corrected chi connectivity index (χ0v) is 19.1. The predicted octanol–water partition coefficient (Wildman–Crippen LogP) is 4.59. The van der Waals surface area contributed by atoms with Gasteiger partial charge in [0.25, 0.3) is 0 Å². The highest BCUT2D eigenvalue weighted by molar-refractivity contribution is 9.10. The van der Waals surface area contributed by atoms with Gasteiger partial charge in [-0.15, -0.1) is 0 Å². The monoisotopic (exact) mass is 546 g/mol. The van der Waals surface area contributed by atoms with Gasteiger partial charge in [-0.3, -0.25) is 0 Å². The molecule has 158 valence electrons. The molecule has 3 aromatic rings. The molecule has 0 aromatic heterocycles. The number of halogens is 2. The maximum absolute atomic E-state index is 12.7. The molecule has 0 heterocycles. The van der Waals surface area contributed by atoms with Gasteiger partial charge in [-0.25, -0.2) is 9.59 Å². The quantitative estimate of drug-likeness (QED) is 0.280. The minimum atomic E-state index is -0.793. The van der Waals surface area contributed by atoms with Crippen LogP contribution in [0.15, 0.2) is 63.5 Å². The molecule has 0 fully saturated rings. The van der Waals surface area contributed by atoms with Gasteiger partial charge >= 0.3 is 11.9 Å². The highest BCUT2D eigenvalue weighted by atomic mass is 79.9. The van der Waals surface area contributed by atoms with Gasteiger partial charge in [0, 0.05) is 14.9 Å². The van der Waals surface area contributed by atoms with E-state index in [4.69, 9.17) is 14.9 Å². The van der Waals surface area contributed by atoms with Crippen molar-refractivity contribution in [2.75, 3.05) is 13.6 Å². The number of aliphatic hydroxyl groups excluding tert-OH is 2. The Morgan fingerprint density at radius 2 is 1.29 bits per heavy atom. The number of fused-ring (bicyclic) bond motifs is 3. The predicted molar refractivity (Wildman–Crippen MR) is 120 cm³/mol. The van der Waals surface area contributed by atoms with Gasteiger partial charge in [0.1, 0.15) is 0 Å². The molecule has 0 aliphatic heterocycles. The van der Waals surface area contributed by atoms with Crippen molar-refractivity contribution in [2.24, 2.45) is 0 Å². The molecule has 0 amide bonds. The maximum atomic E-state index is 12.7. The summed E-state index contributed by atoms with van der Waals surface area (Å²) in [6, 6.07) is 16.5. The topological polar surface area (TPSA) is 93.1 Å². The van der Waals surface area contributed by atoms with Gasteiger partial charge in [-0.1, -0.05) is 50.1 Å². The molecule has 0 bridgehead atoms. The first-order valence-electron chi connectivity index (χ1n) is 9.23. The summed E-state index contributed by atoms with van der Waals surface area (Å²) in [7, 11) is 0. The second kappa shape index (κ2) is 8.92. The lowest BCUT2D eigenvalue weighted by Gasteiger charge is -2.19. The fraction of sp³-hybridized carbons (Fsp3) is 0.130. The van der Waals surface area contributed by atoms with E-state index in [0.29, 0.717) is 5.56 Å². The number of ether oxygens (including phenoxy) is 2. The van der Waals surface area contributed by atoms with Crippen LogP contribution < -0.4 is 0 Å². The van der Waals surface area contributed by atoms with E-state index in [2.05, 4.69) is 36.6 Å². The first-order chi connectivity index (χ1) is 14.9. The molecule has 0 unspecified atom stereocenters. The molecule has 31 heavy (non-hydrogen) atoms. The van der Waals surface area contributed by atoms with Crippen LogP contribution in [0.25, 0.3) is 11.1 Å². The number of carbonyl (C=O) groups is 2. The van der Waals surface area contributed by atoms with E-state index in [0.717, 1.165) is 31.2 Å². The fourth-order valence-electron chi connectivity index (χ4n) is 3.93. The number of carbonyl (C=O) groups excluding carboxylic acids is 2. The molecule has 0 radical (unpaired) electrons. The van der Waals surface area contributed by atoms with Crippen molar-refractivity contribution < 1.29 is 29.3 Å². The van der Waals surface area contributed by atoms with Gasteiger partial charge in [-0.2, -0.15) is 0 Å². The van der Waals surface area contributed by atoms with Crippen LogP contribution in [0.1, 0.15) is 43.3 Å². The van der Waals surface area contributed by atoms with Crippen molar-refractivity contribution in [3.8, 4) is 11.1 Å². The average molecular weight is 548 g/mol. The molecule has 8 heteroatoms. The van der Waals surface area contributed by atoms with Gasteiger partial charge in [-0.05, 0) is 64.2 Å². The smallest absolute Gasteiger partial charge is 0.340 e. The lowest BCUT2D eigenvalue weighted by Crippen LogP contribution is -2.15. The van der Waals surface area contributed by atoms with Gasteiger partial charge in [0.05, 0.1) is 11.1 Å². The Kier molecular flexibility index (Phi) is 6.24. The van der Waals surface area contributed by atoms with Gasteiger partial charge < -0.3 is 19.7 Å². The van der Waals surface area contributed by atoms with Crippen LogP contribution in [0.4, 0.5) is 0 Å². The summed E-state index contributed by atoms with van der Waals surface area (Å²) in [4.78, 5) is 24.8. The van der Waals surface area contributed by atoms with Gasteiger partial charge in [0.2, 0.25) is 0 Å². The zero-order chi connectivity index (χ0) is 22.1. The Bertz CT molecular complexity index is 1140. The second-order valence-electron chi connectivity index (χ2n) is 6.82. The van der Waals surface area contributed by atoms with E-state index in [1.807, 2.05) is 36.4 Å². The summed E-state index contributed by atoms with van der Waals surface area (Å²) in [5.41, 5.74) is 4.91. The Labute approximate surface area is 194 Å². The molecule has 1 aliphatic carbocycles. The molecule has 4 rings (SSSR count). The highest BCUT2D eigenvalue weighted by Gasteiger charge is 2.33. The number of benzene rings is 3. The number of hydrogen-bond acceptors (Lipinski definition) is 6. The van der Waals surface area contributed by atoms with E-state index in [1.54, 1.807) is 6.07 Å². The average Bonchev–Trinajstić information content (AvgIpc) is 3.05. The molecule has 0 saturated carbocycles. The largest absolute Gasteiger partial charge is 0.435 e. The van der Waals surface area contributed by atoms with E-state index in [9.17, 15) is 9.59 Å². The third-order valence-electron chi connectivity index (χ3n) is 5.15. The third kappa shape index (κ3) is 4.04. The first kappa shape index (κ1) is 21.7. The van der Waals surface area contributed by atoms with Crippen LogP contribution in [-0.2, 0) is 9.47 Å². The van der Waals surface area contributed by atoms with Crippen LogP contribution >= 0.6 is 31.9 Å². The fourth-order valence-corrected chi connectivity index (χ4v) is 4.69. The number of aliphatic hydroxyl groups is 2. The second-order valence-corrected chi connectivity index (χ2v) is 8.65. The highest BCUT2D eigenvalue weighted by Crippen LogP contribution is 2.50. The van der Waals surface area contributed by atoms with Crippen molar-refractivity contribution in [2.45, 2.75) is 5.92 Å². The van der Waals surface area contributed by atoms with Crippen LogP contribution in [-0.4, -0.2) is 35.7 Å². The van der Waals surface area contributed by atoms with Crippen molar-refractivity contribution in [1.29, 1.82) is 0 Å². The molecule has 0 saturated heterocycles. The molecular formula is C23H16Br2O6.